The molecule has 0 aromatic carbocycles. The molecule has 102 valence electrons. The van der Waals surface area contributed by atoms with Gasteiger partial charge in [-0.25, -0.2) is 0 Å². The van der Waals surface area contributed by atoms with Gasteiger partial charge in [0.2, 0.25) is 0 Å². The number of hydrogen-bond donors (Lipinski definition) is 1. The maximum absolute atomic E-state index is 12.1. The first-order valence-electron chi connectivity index (χ1n) is 6.09. The molecule has 0 bridgehead atoms. The van der Waals surface area contributed by atoms with E-state index in [1.165, 1.54) is 0 Å². The molecule has 0 aliphatic heterocycles. The summed E-state index contributed by atoms with van der Waals surface area (Å²) < 4.78 is 12.3. The fraction of sp³-hybridized carbons (Fsp3) is 0.143. The van der Waals surface area contributed by atoms with Crippen molar-refractivity contribution < 1.29 is 13.6 Å². The Hall–Kier alpha value is -2.76. The van der Waals surface area contributed by atoms with Crippen molar-refractivity contribution in [1.82, 2.24) is 9.78 Å². The van der Waals surface area contributed by atoms with Crippen molar-refractivity contribution in [1.29, 1.82) is 0 Å². The third-order valence-electron chi connectivity index (χ3n) is 2.84. The Balaban J connectivity index is 1.79. The minimum absolute atomic E-state index is 0.218. The lowest BCUT2D eigenvalue weighted by molar-refractivity contribution is 0.0996. The molecule has 0 spiro atoms. The van der Waals surface area contributed by atoms with Crippen LogP contribution in [0, 0.1) is 6.92 Å². The van der Waals surface area contributed by atoms with Crippen LogP contribution in [0.2, 0.25) is 0 Å². The van der Waals surface area contributed by atoms with Crippen LogP contribution in [0.3, 0.4) is 0 Å². The van der Waals surface area contributed by atoms with E-state index in [9.17, 15) is 4.79 Å². The van der Waals surface area contributed by atoms with Gasteiger partial charge >= 0.3 is 0 Å². The number of rotatable bonds is 3. The number of nitrogens with one attached hydrogen (secondary N) is 1. The predicted octanol–water partition coefficient (Wildman–Crippen LogP) is 2.83. The second kappa shape index (κ2) is 4.73. The van der Waals surface area contributed by atoms with Crippen LogP contribution in [0.1, 0.15) is 16.2 Å². The smallest absolute Gasteiger partial charge is 0.292 e. The number of aromatic nitrogens is 2. The molecule has 3 heterocycles. The highest BCUT2D eigenvalue weighted by atomic mass is 16.4. The summed E-state index contributed by atoms with van der Waals surface area (Å²) >= 11 is 0. The summed E-state index contributed by atoms with van der Waals surface area (Å²) in [4.78, 5) is 12.1. The zero-order chi connectivity index (χ0) is 14.1. The molecular formula is C14H13N3O3. The summed E-state index contributed by atoms with van der Waals surface area (Å²) in [5, 5.41) is 6.90. The van der Waals surface area contributed by atoms with E-state index >= 15 is 0 Å². The van der Waals surface area contributed by atoms with Gasteiger partial charge in [0.1, 0.15) is 5.82 Å². The first-order chi connectivity index (χ1) is 9.63. The molecule has 3 aromatic heterocycles. The minimum atomic E-state index is -0.328. The van der Waals surface area contributed by atoms with Crippen LogP contribution >= 0.6 is 0 Å². The minimum Gasteiger partial charge on any atom is -0.461 e. The third-order valence-corrected chi connectivity index (χ3v) is 2.84. The molecule has 0 atom stereocenters. The van der Waals surface area contributed by atoms with E-state index in [1.807, 2.05) is 6.92 Å². The molecular weight excluding hydrogens is 258 g/mol. The van der Waals surface area contributed by atoms with Crippen LogP contribution in [-0.2, 0) is 7.05 Å². The molecule has 1 N–H and O–H groups in total. The van der Waals surface area contributed by atoms with Crippen LogP contribution in [0.25, 0.3) is 11.5 Å². The highest BCUT2D eigenvalue weighted by molar-refractivity contribution is 6.02. The van der Waals surface area contributed by atoms with Crippen molar-refractivity contribution in [3.05, 3.63) is 48.0 Å². The molecule has 1 amide bonds. The number of carbonyl (C=O) groups is 1. The number of carbonyl (C=O) groups excluding carboxylic acids is 1. The predicted molar refractivity (Wildman–Crippen MR) is 72.3 cm³/mol. The summed E-state index contributed by atoms with van der Waals surface area (Å²) in [6.07, 6.45) is 1.55. The Morgan fingerprint density at radius 3 is 2.80 bits per heavy atom. The molecule has 6 nitrogen and oxygen atoms in total. The standard InChI is InChI=1S/C14H13N3O3/c1-9-8-13(17(2)16-9)15-14(18)12-6-5-11(20-12)10-4-3-7-19-10/h3-8H,1-2H3,(H,15,18). The van der Waals surface area contributed by atoms with Gasteiger partial charge in [-0.15, -0.1) is 0 Å². The molecule has 0 unspecified atom stereocenters. The third kappa shape index (κ3) is 2.23. The first-order valence-corrected chi connectivity index (χ1v) is 6.09. The molecule has 0 fully saturated rings. The van der Waals surface area contributed by atoms with Crippen LogP contribution in [-0.4, -0.2) is 15.7 Å². The maximum atomic E-state index is 12.1. The van der Waals surface area contributed by atoms with E-state index in [-0.39, 0.29) is 11.7 Å². The Morgan fingerprint density at radius 1 is 1.30 bits per heavy atom. The number of anilines is 1. The van der Waals surface area contributed by atoms with Gasteiger partial charge in [0.15, 0.2) is 17.3 Å². The molecule has 0 radical (unpaired) electrons. The summed E-state index contributed by atoms with van der Waals surface area (Å²) in [7, 11) is 1.76. The lowest BCUT2D eigenvalue weighted by atomic mass is 10.3. The average Bonchev–Trinajstić information content (AvgIpc) is 3.11. The molecule has 0 aliphatic rings. The van der Waals surface area contributed by atoms with E-state index < -0.39 is 0 Å². The molecule has 0 saturated heterocycles. The Kier molecular flexibility index (Phi) is 2.90. The lowest BCUT2D eigenvalue weighted by Gasteiger charge is -2.02. The second-order valence-corrected chi connectivity index (χ2v) is 4.39. The zero-order valence-corrected chi connectivity index (χ0v) is 11.1. The van der Waals surface area contributed by atoms with Crippen molar-refractivity contribution in [3.8, 4) is 11.5 Å². The van der Waals surface area contributed by atoms with Gasteiger partial charge in [-0.3, -0.25) is 9.48 Å². The summed E-state index contributed by atoms with van der Waals surface area (Å²) in [5.74, 6) is 1.60. The van der Waals surface area contributed by atoms with Crippen LogP contribution in [0.15, 0.2) is 45.4 Å². The van der Waals surface area contributed by atoms with E-state index in [1.54, 1.807) is 48.3 Å². The number of furan rings is 2. The van der Waals surface area contributed by atoms with Gasteiger partial charge in [0.25, 0.3) is 5.91 Å². The quantitative estimate of drug-likeness (QED) is 0.795. The first kappa shape index (κ1) is 12.3. The van der Waals surface area contributed by atoms with Crippen molar-refractivity contribution in [3.63, 3.8) is 0 Å². The Bertz CT molecular complexity index is 738. The number of hydrogen-bond acceptors (Lipinski definition) is 4. The van der Waals surface area contributed by atoms with Crippen molar-refractivity contribution in [2.24, 2.45) is 7.05 Å². The fourth-order valence-corrected chi connectivity index (χ4v) is 1.92. The fourth-order valence-electron chi connectivity index (χ4n) is 1.92. The lowest BCUT2D eigenvalue weighted by Crippen LogP contribution is -2.13. The van der Waals surface area contributed by atoms with Gasteiger partial charge in [0, 0.05) is 13.1 Å². The summed E-state index contributed by atoms with van der Waals surface area (Å²) in [6, 6.07) is 8.62. The maximum Gasteiger partial charge on any atom is 0.292 e. The average molecular weight is 271 g/mol. The van der Waals surface area contributed by atoms with Crippen molar-refractivity contribution in [2.45, 2.75) is 6.92 Å². The van der Waals surface area contributed by atoms with E-state index in [0.717, 1.165) is 5.69 Å². The van der Waals surface area contributed by atoms with E-state index in [2.05, 4.69) is 10.4 Å². The van der Waals surface area contributed by atoms with E-state index in [0.29, 0.717) is 17.3 Å². The largest absolute Gasteiger partial charge is 0.461 e. The van der Waals surface area contributed by atoms with Gasteiger partial charge in [0.05, 0.1) is 12.0 Å². The normalized spacial score (nSPS) is 10.7. The molecule has 6 heteroatoms. The topological polar surface area (TPSA) is 73.2 Å². The van der Waals surface area contributed by atoms with Gasteiger partial charge in [-0.05, 0) is 31.2 Å². The SMILES string of the molecule is Cc1cc(NC(=O)c2ccc(-c3ccco3)o2)n(C)n1. The van der Waals surface area contributed by atoms with Crippen molar-refractivity contribution in [2.75, 3.05) is 5.32 Å². The number of amides is 1. The highest BCUT2D eigenvalue weighted by Crippen LogP contribution is 2.23. The van der Waals surface area contributed by atoms with E-state index in [4.69, 9.17) is 8.83 Å². The van der Waals surface area contributed by atoms with Crippen molar-refractivity contribution >= 4 is 11.7 Å². The molecule has 3 rings (SSSR count). The van der Waals surface area contributed by atoms with Gasteiger partial charge < -0.3 is 14.2 Å². The molecule has 0 saturated carbocycles. The second-order valence-electron chi connectivity index (χ2n) is 4.39. The Labute approximate surface area is 115 Å². The zero-order valence-electron chi connectivity index (χ0n) is 11.1. The van der Waals surface area contributed by atoms with Gasteiger partial charge in [-0.2, -0.15) is 5.10 Å². The molecule has 0 aliphatic carbocycles. The number of aryl methyl sites for hydroxylation is 2. The van der Waals surface area contributed by atoms with Gasteiger partial charge in [-0.1, -0.05) is 0 Å². The summed E-state index contributed by atoms with van der Waals surface area (Å²) in [6.45, 7) is 1.86. The Morgan fingerprint density at radius 2 is 2.15 bits per heavy atom. The van der Waals surface area contributed by atoms with Crippen LogP contribution in [0.5, 0.6) is 0 Å². The summed E-state index contributed by atoms with van der Waals surface area (Å²) in [5.41, 5.74) is 0.832. The molecule has 3 aromatic rings. The van der Waals surface area contributed by atoms with Crippen LogP contribution in [0.4, 0.5) is 5.82 Å². The number of nitrogens with zero attached hydrogens (tertiary/aromatic N) is 2. The molecule has 20 heavy (non-hydrogen) atoms. The highest BCUT2D eigenvalue weighted by Gasteiger charge is 2.15. The van der Waals surface area contributed by atoms with Crippen LogP contribution < -0.4 is 5.32 Å². The monoisotopic (exact) mass is 271 g/mol.